The van der Waals surface area contributed by atoms with Gasteiger partial charge in [0.05, 0.1) is 31.7 Å². The third-order valence-corrected chi connectivity index (χ3v) is 5.05. The van der Waals surface area contributed by atoms with Crippen molar-refractivity contribution in [3.8, 4) is 5.75 Å². The molecule has 2 heterocycles. The number of hydrogen-bond acceptors (Lipinski definition) is 7. The van der Waals surface area contributed by atoms with E-state index in [0.29, 0.717) is 30.6 Å². The molecule has 3 rings (SSSR count). The lowest BCUT2D eigenvalue weighted by Gasteiger charge is -2.11. The summed E-state index contributed by atoms with van der Waals surface area (Å²) in [5.41, 5.74) is 1.71. The number of nitrogens with one attached hydrogen (secondary N) is 2. The van der Waals surface area contributed by atoms with Crippen LogP contribution in [-0.4, -0.2) is 52.1 Å². The van der Waals surface area contributed by atoms with E-state index in [1.54, 1.807) is 13.3 Å². The second kappa shape index (κ2) is 10.3. The van der Waals surface area contributed by atoms with E-state index in [1.807, 2.05) is 35.2 Å². The zero-order valence-corrected chi connectivity index (χ0v) is 18.6. The maximum absolute atomic E-state index is 12.3. The Morgan fingerprint density at radius 2 is 2.00 bits per heavy atom. The van der Waals surface area contributed by atoms with Gasteiger partial charge in [0.1, 0.15) is 11.6 Å². The van der Waals surface area contributed by atoms with Gasteiger partial charge in [-0.2, -0.15) is 5.10 Å². The highest BCUT2D eigenvalue weighted by Gasteiger charge is 2.13. The standard InChI is InChI=1S/C21H28N6O2S/c1-14(2)12-23-19-17-13-24-27(20(17)26-21(25-19)30-4)10-9-22-18(28)11-15-5-7-16(29-3)8-6-15/h5-8,13-14H,9-12H2,1-4H3,(H,22,28)(H,23,25,26). The Morgan fingerprint density at radius 3 is 2.67 bits per heavy atom. The Labute approximate surface area is 180 Å². The molecule has 2 aromatic heterocycles. The van der Waals surface area contributed by atoms with Gasteiger partial charge in [0.15, 0.2) is 10.8 Å². The molecule has 9 heteroatoms. The van der Waals surface area contributed by atoms with E-state index in [4.69, 9.17) is 4.74 Å². The summed E-state index contributed by atoms with van der Waals surface area (Å²) < 4.78 is 6.95. The van der Waals surface area contributed by atoms with Gasteiger partial charge in [0, 0.05) is 13.1 Å². The molecule has 0 saturated heterocycles. The summed E-state index contributed by atoms with van der Waals surface area (Å²) in [7, 11) is 1.62. The summed E-state index contributed by atoms with van der Waals surface area (Å²) in [4.78, 5) is 21.4. The summed E-state index contributed by atoms with van der Waals surface area (Å²) in [6.45, 7) is 6.13. The minimum atomic E-state index is -0.0321. The molecule has 0 unspecified atom stereocenters. The number of amides is 1. The monoisotopic (exact) mass is 428 g/mol. The Hall–Kier alpha value is -2.81. The summed E-state index contributed by atoms with van der Waals surface area (Å²) in [5.74, 6) is 2.05. The summed E-state index contributed by atoms with van der Waals surface area (Å²) in [5, 5.41) is 12.4. The van der Waals surface area contributed by atoms with Gasteiger partial charge in [-0.05, 0) is 29.9 Å². The third kappa shape index (κ3) is 5.63. The molecule has 2 N–H and O–H groups in total. The van der Waals surface area contributed by atoms with Crippen LogP contribution in [0.15, 0.2) is 35.6 Å². The van der Waals surface area contributed by atoms with E-state index in [-0.39, 0.29) is 5.91 Å². The van der Waals surface area contributed by atoms with Gasteiger partial charge in [-0.25, -0.2) is 14.6 Å². The van der Waals surface area contributed by atoms with Gasteiger partial charge in [0.2, 0.25) is 5.91 Å². The highest BCUT2D eigenvalue weighted by Crippen LogP contribution is 2.23. The molecule has 1 amide bonds. The van der Waals surface area contributed by atoms with Crippen molar-refractivity contribution in [3.63, 3.8) is 0 Å². The van der Waals surface area contributed by atoms with Gasteiger partial charge in [-0.1, -0.05) is 37.7 Å². The first-order valence-electron chi connectivity index (χ1n) is 9.91. The molecule has 0 aliphatic rings. The average molecular weight is 429 g/mol. The molecule has 0 aliphatic heterocycles. The van der Waals surface area contributed by atoms with Gasteiger partial charge < -0.3 is 15.4 Å². The minimum absolute atomic E-state index is 0.0321. The van der Waals surface area contributed by atoms with Crippen LogP contribution in [0.5, 0.6) is 5.75 Å². The topological polar surface area (TPSA) is 94.0 Å². The van der Waals surface area contributed by atoms with Crippen LogP contribution >= 0.6 is 11.8 Å². The third-order valence-electron chi connectivity index (χ3n) is 4.51. The lowest BCUT2D eigenvalue weighted by molar-refractivity contribution is -0.120. The molecule has 160 valence electrons. The maximum atomic E-state index is 12.3. The van der Waals surface area contributed by atoms with E-state index < -0.39 is 0 Å². The van der Waals surface area contributed by atoms with Crippen molar-refractivity contribution in [1.82, 2.24) is 25.1 Å². The van der Waals surface area contributed by atoms with Crippen LogP contribution in [0.4, 0.5) is 5.82 Å². The average Bonchev–Trinajstić information content (AvgIpc) is 3.15. The van der Waals surface area contributed by atoms with Crippen LogP contribution in [0.1, 0.15) is 19.4 Å². The smallest absolute Gasteiger partial charge is 0.224 e. The molecule has 0 atom stereocenters. The number of aromatic nitrogens is 4. The molecule has 0 bridgehead atoms. The maximum Gasteiger partial charge on any atom is 0.224 e. The fourth-order valence-corrected chi connectivity index (χ4v) is 3.28. The number of carbonyl (C=O) groups excluding carboxylic acids is 1. The number of hydrogen-bond donors (Lipinski definition) is 2. The SMILES string of the molecule is COc1ccc(CC(=O)NCCn2ncc3c(NCC(C)C)nc(SC)nc32)cc1. The first kappa shape index (κ1) is 21.9. The van der Waals surface area contributed by atoms with Crippen molar-refractivity contribution in [2.75, 3.05) is 31.8 Å². The van der Waals surface area contributed by atoms with E-state index in [1.165, 1.54) is 11.8 Å². The second-order valence-corrected chi connectivity index (χ2v) is 8.09. The van der Waals surface area contributed by atoms with Crippen molar-refractivity contribution in [3.05, 3.63) is 36.0 Å². The fraction of sp³-hybridized carbons (Fsp3) is 0.429. The molecular weight excluding hydrogens is 400 g/mol. The summed E-state index contributed by atoms with van der Waals surface area (Å²) in [6.07, 6.45) is 4.06. The lowest BCUT2D eigenvalue weighted by Crippen LogP contribution is -2.28. The molecule has 0 spiro atoms. The molecule has 0 fully saturated rings. The second-order valence-electron chi connectivity index (χ2n) is 7.31. The van der Waals surface area contributed by atoms with E-state index >= 15 is 0 Å². The number of nitrogens with zero attached hydrogens (tertiary/aromatic N) is 4. The number of fused-ring (bicyclic) bond motifs is 1. The van der Waals surface area contributed by atoms with Crippen LogP contribution < -0.4 is 15.4 Å². The number of rotatable bonds is 10. The predicted molar refractivity (Wildman–Crippen MR) is 120 cm³/mol. The summed E-state index contributed by atoms with van der Waals surface area (Å²) in [6, 6.07) is 7.50. The van der Waals surface area contributed by atoms with E-state index in [9.17, 15) is 4.79 Å². The number of carbonyl (C=O) groups is 1. The van der Waals surface area contributed by atoms with Crippen LogP contribution in [0.2, 0.25) is 0 Å². The fourth-order valence-electron chi connectivity index (χ4n) is 2.92. The van der Waals surface area contributed by atoms with Crippen molar-refractivity contribution >= 4 is 34.5 Å². The Bertz CT molecular complexity index is 987. The number of methoxy groups -OCH3 is 1. The van der Waals surface area contributed by atoms with Crippen molar-refractivity contribution < 1.29 is 9.53 Å². The van der Waals surface area contributed by atoms with Gasteiger partial charge >= 0.3 is 0 Å². The van der Waals surface area contributed by atoms with Crippen molar-refractivity contribution in [1.29, 1.82) is 0 Å². The van der Waals surface area contributed by atoms with Crippen molar-refractivity contribution in [2.24, 2.45) is 5.92 Å². The largest absolute Gasteiger partial charge is 0.497 e. The predicted octanol–water partition coefficient (Wildman–Crippen LogP) is 2.98. The van der Waals surface area contributed by atoms with E-state index in [0.717, 1.165) is 34.7 Å². The molecule has 8 nitrogen and oxygen atoms in total. The van der Waals surface area contributed by atoms with Crippen molar-refractivity contribution in [2.45, 2.75) is 32.0 Å². The Kier molecular flexibility index (Phi) is 7.51. The Balaban J connectivity index is 1.62. The molecule has 0 aliphatic carbocycles. The van der Waals surface area contributed by atoms with Crippen LogP contribution in [0.25, 0.3) is 11.0 Å². The molecular formula is C21H28N6O2S. The van der Waals surface area contributed by atoms with Gasteiger partial charge in [-0.15, -0.1) is 0 Å². The first-order chi connectivity index (χ1) is 14.5. The molecule has 3 aromatic rings. The summed E-state index contributed by atoms with van der Waals surface area (Å²) >= 11 is 1.49. The Morgan fingerprint density at radius 1 is 1.23 bits per heavy atom. The number of anilines is 1. The zero-order chi connectivity index (χ0) is 21.5. The number of thioether (sulfide) groups is 1. The number of ether oxygens (including phenoxy) is 1. The first-order valence-corrected chi connectivity index (χ1v) is 11.1. The lowest BCUT2D eigenvalue weighted by atomic mass is 10.1. The molecule has 1 aromatic carbocycles. The quantitative estimate of drug-likeness (QED) is 0.379. The van der Waals surface area contributed by atoms with E-state index in [2.05, 4.69) is 39.5 Å². The van der Waals surface area contributed by atoms with Gasteiger partial charge in [-0.3, -0.25) is 4.79 Å². The van der Waals surface area contributed by atoms with Crippen LogP contribution in [0, 0.1) is 5.92 Å². The molecule has 30 heavy (non-hydrogen) atoms. The van der Waals surface area contributed by atoms with Crippen LogP contribution in [0.3, 0.4) is 0 Å². The highest BCUT2D eigenvalue weighted by molar-refractivity contribution is 7.98. The zero-order valence-electron chi connectivity index (χ0n) is 17.8. The minimum Gasteiger partial charge on any atom is -0.497 e. The number of benzene rings is 1. The molecule has 0 radical (unpaired) electrons. The normalized spacial score (nSPS) is 11.1. The van der Waals surface area contributed by atoms with Crippen LogP contribution in [-0.2, 0) is 17.8 Å². The highest BCUT2D eigenvalue weighted by atomic mass is 32.2. The van der Waals surface area contributed by atoms with Gasteiger partial charge in [0.25, 0.3) is 0 Å². The molecule has 0 saturated carbocycles.